The fourth-order valence-electron chi connectivity index (χ4n) is 0.318. The molecule has 0 amide bonds. The summed E-state index contributed by atoms with van der Waals surface area (Å²) in [6.45, 7) is 4.26. The zero-order valence-corrected chi connectivity index (χ0v) is 5.60. The normalized spacial score (nSPS) is 8.80. The molecule has 10 heavy (non-hydrogen) atoms. The quantitative estimate of drug-likeness (QED) is 0.143. The molecule has 0 fully saturated rings. The van der Waals surface area contributed by atoms with E-state index in [-0.39, 0.29) is 0 Å². The molecule has 0 unspecified atom stereocenters. The Morgan fingerprint density at radius 1 is 1.70 bits per heavy atom. The van der Waals surface area contributed by atoms with E-state index in [1.165, 1.54) is 6.26 Å². The first kappa shape index (κ1) is 8.59. The molecule has 4 nitrogen and oxygen atoms in total. The predicted molar refractivity (Wildman–Crippen MR) is 39.3 cm³/mol. The molecular formula is C6H9N3O. The standard InChI is InChI=1S/C6H9N3O/c1-2-5-10-6-3-4-8-9-7/h2-3,6H,1,4-5H2. The zero-order valence-electron chi connectivity index (χ0n) is 5.60. The lowest BCUT2D eigenvalue weighted by molar-refractivity contribution is 0.289. The van der Waals surface area contributed by atoms with Crippen LogP contribution in [0, 0.1) is 0 Å². The molecule has 4 heteroatoms. The van der Waals surface area contributed by atoms with Crippen LogP contribution >= 0.6 is 0 Å². The van der Waals surface area contributed by atoms with Gasteiger partial charge < -0.3 is 4.74 Å². The highest BCUT2D eigenvalue weighted by Crippen LogP contribution is 1.79. The van der Waals surface area contributed by atoms with Crippen LogP contribution in [0.15, 0.2) is 30.1 Å². The largest absolute Gasteiger partial charge is 0.497 e. The van der Waals surface area contributed by atoms with E-state index in [2.05, 4.69) is 16.6 Å². The van der Waals surface area contributed by atoms with Crippen LogP contribution in [0.5, 0.6) is 0 Å². The fourth-order valence-corrected chi connectivity index (χ4v) is 0.318. The molecule has 0 atom stereocenters. The third-order valence-corrected chi connectivity index (χ3v) is 0.657. The van der Waals surface area contributed by atoms with Gasteiger partial charge in [-0.3, -0.25) is 0 Å². The van der Waals surface area contributed by atoms with Crippen molar-refractivity contribution in [1.82, 2.24) is 0 Å². The molecule has 0 N–H and O–H groups in total. The van der Waals surface area contributed by atoms with E-state index in [1.54, 1.807) is 12.2 Å². The van der Waals surface area contributed by atoms with Crippen LogP contribution in [-0.4, -0.2) is 13.2 Å². The van der Waals surface area contributed by atoms with Gasteiger partial charge in [0.2, 0.25) is 0 Å². The van der Waals surface area contributed by atoms with Crippen LogP contribution in [0.25, 0.3) is 10.4 Å². The second-order valence-electron chi connectivity index (χ2n) is 1.41. The lowest BCUT2D eigenvalue weighted by atomic mass is 10.6. The van der Waals surface area contributed by atoms with E-state index in [4.69, 9.17) is 10.3 Å². The van der Waals surface area contributed by atoms with E-state index >= 15 is 0 Å². The molecule has 0 radical (unpaired) electrons. The molecule has 0 aromatic carbocycles. The molecule has 0 saturated heterocycles. The summed E-state index contributed by atoms with van der Waals surface area (Å²) in [5.74, 6) is 0. The third-order valence-electron chi connectivity index (χ3n) is 0.657. The van der Waals surface area contributed by atoms with Gasteiger partial charge in [-0.25, -0.2) is 0 Å². The third kappa shape index (κ3) is 6.59. The number of nitrogens with zero attached hydrogens (tertiary/aromatic N) is 3. The number of hydrogen-bond donors (Lipinski definition) is 0. The van der Waals surface area contributed by atoms with Gasteiger partial charge in [-0.1, -0.05) is 17.8 Å². The minimum atomic E-state index is 0.327. The van der Waals surface area contributed by atoms with E-state index < -0.39 is 0 Å². The average Bonchev–Trinajstić information content (AvgIpc) is 1.97. The summed E-state index contributed by atoms with van der Waals surface area (Å²) < 4.78 is 4.85. The van der Waals surface area contributed by atoms with E-state index in [0.717, 1.165) is 0 Å². The van der Waals surface area contributed by atoms with Crippen molar-refractivity contribution < 1.29 is 4.74 Å². The summed E-state index contributed by atoms with van der Waals surface area (Å²) in [4.78, 5) is 2.55. The first-order valence-corrected chi connectivity index (χ1v) is 2.80. The Hall–Kier alpha value is -1.41. The Bertz CT molecular complexity index is 158. The van der Waals surface area contributed by atoms with Gasteiger partial charge in [0.05, 0.1) is 6.26 Å². The maximum absolute atomic E-state index is 7.84. The van der Waals surface area contributed by atoms with E-state index in [1.807, 2.05) is 0 Å². The number of hydrogen-bond acceptors (Lipinski definition) is 2. The van der Waals surface area contributed by atoms with Crippen LogP contribution in [0.2, 0.25) is 0 Å². The molecule has 0 aliphatic heterocycles. The molecule has 0 aliphatic carbocycles. The van der Waals surface area contributed by atoms with Crippen molar-refractivity contribution in [3.8, 4) is 0 Å². The van der Waals surface area contributed by atoms with Gasteiger partial charge in [0, 0.05) is 11.5 Å². The van der Waals surface area contributed by atoms with E-state index in [9.17, 15) is 0 Å². The molecule has 0 rings (SSSR count). The Morgan fingerprint density at radius 3 is 3.10 bits per heavy atom. The van der Waals surface area contributed by atoms with Crippen molar-refractivity contribution in [3.63, 3.8) is 0 Å². The summed E-state index contributed by atoms with van der Waals surface area (Å²) in [5.41, 5.74) is 7.84. The maximum Gasteiger partial charge on any atom is 0.105 e. The molecule has 0 aromatic rings. The SMILES string of the molecule is C=CCOC=CCN=[N+]=[N-]. The fraction of sp³-hybridized carbons (Fsp3) is 0.333. The Kier molecular flexibility index (Phi) is 6.52. The van der Waals surface area contributed by atoms with Crippen LogP contribution in [0.1, 0.15) is 0 Å². The Labute approximate surface area is 59.4 Å². The van der Waals surface area contributed by atoms with Gasteiger partial charge in [0.25, 0.3) is 0 Å². The number of rotatable bonds is 5. The number of azide groups is 1. The molecule has 0 aliphatic rings. The summed E-state index contributed by atoms with van der Waals surface area (Å²) in [5, 5.41) is 3.26. The van der Waals surface area contributed by atoms with Gasteiger partial charge in [-0.05, 0) is 11.6 Å². The van der Waals surface area contributed by atoms with Crippen LogP contribution in [0.3, 0.4) is 0 Å². The predicted octanol–water partition coefficient (Wildman–Crippen LogP) is 2.01. The van der Waals surface area contributed by atoms with Gasteiger partial charge >= 0.3 is 0 Å². The molecule has 54 valence electrons. The number of ether oxygens (including phenoxy) is 1. The molecule has 0 bridgehead atoms. The van der Waals surface area contributed by atoms with Crippen molar-refractivity contribution in [2.24, 2.45) is 5.11 Å². The van der Waals surface area contributed by atoms with Gasteiger partial charge in [0.15, 0.2) is 0 Å². The second-order valence-corrected chi connectivity index (χ2v) is 1.41. The summed E-state index contributed by atoms with van der Waals surface area (Å²) in [6, 6.07) is 0. The lowest BCUT2D eigenvalue weighted by Gasteiger charge is -1.89. The van der Waals surface area contributed by atoms with Crippen molar-refractivity contribution in [1.29, 1.82) is 0 Å². The Balaban J connectivity index is 3.19. The average molecular weight is 139 g/mol. The van der Waals surface area contributed by atoms with Crippen molar-refractivity contribution >= 4 is 0 Å². The van der Waals surface area contributed by atoms with E-state index in [0.29, 0.717) is 13.2 Å². The first-order chi connectivity index (χ1) is 4.91. The molecular weight excluding hydrogens is 130 g/mol. The van der Waals surface area contributed by atoms with Gasteiger partial charge in [-0.15, -0.1) is 0 Å². The topological polar surface area (TPSA) is 58.0 Å². The smallest absolute Gasteiger partial charge is 0.105 e. The monoisotopic (exact) mass is 139 g/mol. The Morgan fingerprint density at radius 2 is 2.50 bits per heavy atom. The molecule has 0 heterocycles. The highest BCUT2D eigenvalue weighted by atomic mass is 16.5. The van der Waals surface area contributed by atoms with Gasteiger partial charge in [-0.2, -0.15) is 0 Å². The zero-order chi connectivity index (χ0) is 7.66. The first-order valence-electron chi connectivity index (χ1n) is 2.80. The minimum Gasteiger partial charge on any atom is -0.497 e. The summed E-state index contributed by atoms with van der Waals surface area (Å²) in [7, 11) is 0. The second kappa shape index (κ2) is 7.59. The summed E-state index contributed by atoms with van der Waals surface area (Å²) in [6.07, 6.45) is 4.75. The van der Waals surface area contributed by atoms with Crippen LogP contribution in [-0.2, 0) is 4.74 Å². The van der Waals surface area contributed by atoms with Crippen molar-refractivity contribution in [2.45, 2.75) is 0 Å². The maximum atomic E-state index is 7.84. The highest BCUT2D eigenvalue weighted by Gasteiger charge is 1.71. The molecule has 0 saturated carbocycles. The highest BCUT2D eigenvalue weighted by molar-refractivity contribution is 4.77. The van der Waals surface area contributed by atoms with Crippen molar-refractivity contribution in [2.75, 3.05) is 13.2 Å². The molecule has 0 spiro atoms. The lowest BCUT2D eigenvalue weighted by Crippen LogP contribution is -1.79. The van der Waals surface area contributed by atoms with Crippen molar-refractivity contribution in [3.05, 3.63) is 35.4 Å². The molecule has 0 aromatic heterocycles. The van der Waals surface area contributed by atoms with Crippen LogP contribution < -0.4 is 0 Å². The minimum absolute atomic E-state index is 0.327. The van der Waals surface area contributed by atoms with Gasteiger partial charge in [0.1, 0.15) is 6.61 Å². The summed E-state index contributed by atoms with van der Waals surface area (Å²) >= 11 is 0. The van der Waals surface area contributed by atoms with Crippen LogP contribution in [0.4, 0.5) is 0 Å².